The maximum absolute atomic E-state index is 11.2. The van der Waals surface area contributed by atoms with Gasteiger partial charge in [-0.3, -0.25) is 4.79 Å². The predicted octanol–water partition coefficient (Wildman–Crippen LogP) is 3.73. The molecule has 2 aliphatic rings. The summed E-state index contributed by atoms with van der Waals surface area (Å²) in [5.41, 5.74) is 1.47. The topological polar surface area (TPSA) is 37.3 Å². The molecule has 2 aliphatic carbocycles. The highest BCUT2D eigenvalue weighted by Gasteiger charge is 2.38. The number of hydrogen-bond acceptors (Lipinski definition) is 1. The Balaban J connectivity index is 2.25. The van der Waals surface area contributed by atoms with Crippen LogP contribution in [0.3, 0.4) is 0 Å². The lowest BCUT2D eigenvalue weighted by molar-refractivity contribution is -0.143. The fraction of sp³-hybridized carbons (Fsp3) is 0.800. The van der Waals surface area contributed by atoms with Gasteiger partial charge < -0.3 is 5.11 Å². The molecule has 17 heavy (non-hydrogen) atoms. The van der Waals surface area contributed by atoms with E-state index >= 15 is 0 Å². The lowest BCUT2D eigenvalue weighted by atomic mass is 9.63. The first kappa shape index (κ1) is 12.7. The number of rotatable bonds is 2. The minimum absolute atomic E-state index is 0.221. The minimum atomic E-state index is -0.637. The van der Waals surface area contributed by atoms with E-state index < -0.39 is 5.97 Å². The summed E-state index contributed by atoms with van der Waals surface area (Å²) in [7, 11) is 0. The molecular formula is C15H24O2. The Morgan fingerprint density at radius 2 is 2.00 bits per heavy atom. The molecule has 1 saturated carbocycles. The number of hydrogen-bond donors (Lipinski definition) is 1. The van der Waals surface area contributed by atoms with Crippen molar-refractivity contribution in [3.63, 3.8) is 0 Å². The number of allylic oxidation sites excluding steroid dienone is 2. The Morgan fingerprint density at radius 3 is 2.65 bits per heavy atom. The second-order valence-corrected chi connectivity index (χ2v) is 6.12. The second-order valence-electron chi connectivity index (χ2n) is 6.12. The van der Waals surface area contributed by atoms with Crippen molar-refractivity contribution in [3.05, 3.63) is 11.6 Å². The van der Waals surface area contributed by atoms with Gasteiger partial charge in [0, 0.05) is 0 Å². The van der Waals surface area contributed by atoms with Crippen LogP contribution in [0.25, 0.3) is 0 Å². The summed E-state index contributed by atoms with van der Waals surface area (Å²) in [6.07, 6.45) is 7.17. The Morgan fingerprint density at radius 1 is 1.29 bits per heavy atom. The van der Waals surface area contributed by atoms with Crippen LogP contribution < -0.4 is 0 Å². The fourth-order valence-corrected chi connectivity index (χ4v) is 3.68. The van der Waals surface area contributed by atoms with E-state index in [1.807, 2.05) is 6.92 Å². The molecule has 0 saturated heterocycles. The van der Waals surface area contributed by atoms with Crippen molar-refractivity contribution in [1.82, 2.24) is 0 Å². The van der Waals surface area contributed by atoms with Gasteiger partial charge in [-0.15, -0.1) is 0 Å². The molecule has 0 bridgehead atoms. The summed E-state index contributed by atoms with van der Waals surface area (Å²) in [6, 6.07) is 0. The van der Waals surface area contributed by atoms with E-state index in [2.05, 4.69) is 19.9 Å². The van der Waals surface area contributed by atoms with Gasteiger partial charge in [0.1, 0.15) is 0 Å². The summed E-state index contributed by atoms with van der Waals surface area (Å²) < 4.78 is 0. The van der Waals surface area contributed by atoms with Gasteiger partial charge in [0.25, 0.3) is 0 Å². The maximum atomic E-state index is 11.2. The highest BCUT2D eigenvalue weighted by atomic mass is 16.4. The summed E-state index contributed by atoms with van der Waals surface area (Å²) >= 11 is 0. The number of fused-ring (bicyclic) bond motifs is 1. The van der Waals surface area contributed by atoms with Crippen LogP contribution in [-0.2, 0) is 4.79 Å². The monoisotopic (exact) mass is 236 g/mol. The van der Waals surface area contributed by atoms with Crippen LogP contribution in [0.4, 0.5) is 0 Å². The minimum Gasteiger partial charge on any atom is -0.481 e. The highest BCUT2D eigenvalue weighted by molar-refractivity contribution is 5.70. The molecule has 96 valence electrons. The van der Waals surface area contributed by atoms with E-state index in [1.165, 1.54) is 24.8 Å². The number of carboxylic acid groups (broad SMARTS) is 1. The van der Waals surface area contributed by atoms with Gasteiger partial charge in [0.15, 0.2) is 0 Å². The zero-order chi connectivity index (χ0) is 12.6. The van der Waals surface area contributed by atoms with E-state index in [0.29, 0.717) is 11.8 Å². The molecule has 0 aromatic heterocycles. The molecule has 2 heteroatoms. The van der Waals surface area contributed by atoms with Crippen LogP contribution in [0.2, 0.25) is 0 Å². The Kier molecular flexibility index (Phi) is 3.60. The van der Waals surface area contributed by atoms with Crippen LogP contribution in [0.15, 0.2) is 11.6 Å². The van der Waals surface area contributed by atoms with Gasteiger partial charge in [0.05, 0.1) is 5.92 Å². The van der Waals surface area contributed by atoms with Gasteiger partial charge in [-0.05, 0) is 49.4 Å². The van der Waals surface area contributed by atoms with E-state index in [1.54, 1.807) is 0 Å². The zero-order valence-corrected chi connectivity index (χ0v) is 11.1. The molecule has 2 nitrogen and oxygen atoms in total. The van der Waals surface area contributed by atoms with Crippen LogP contribution in [0.5, 0.6) is 0 Å². The number of carbonyl (C=O) groups is 1. The van der Waals surface area contributed by atoms with Crippen LogP contribution in [0.1, 0.15) is 46.5 Å². The van der Waals surface area contributed by atoms with Crippen molar-refractivity contribution in [3.8, 4) is 0 Å². The van der Waals surface area contributed by atoms with Crippen LogP contribution in [0, 0.1) is 29.6 Å². The largest absolute Gasteiger partial charge is 0.481 e. The van der Waals surface area contributed by atoms with Crippen molar-refractivity contribution in [1.29, 1.82) is 0 Å². The average molecular weight is 236 g/mol. The van der Waals surface area contributed by atoms with Gasteiger partial charge in [-0.1, -0.05) is 32.4 Å². The van der Waals surface area contributed by atoms with Crippen molar-refractivity contribution >= 4 is 5.97 Å². The van der Waals surface area contributed by atoms with E-state index in [4.69, 9.17) is 0 Å². The smallest absolute Gasteiger partial charge is 0.306 e. The first-order valence-corrected chi connectivity index (χ1v) is 6.95. The Bertz CT molecular complexity index is 332. The van der Waals surface area contributed by atoms with Gasteiger partial charge in [0.2, 0.25) is 0 Å². The molecule has 0 spiro atoms. The molecule has 2 rings (SSSR count). The van der Waals surface area contributed by atoms with Gasteiger partial charge in [-0.2, -0.15) is 0 Å². The van der Waals surface area contributed by atoms with Crippen LogP contribution in [-0.4, -0.2) is 11.1 Å². The molecule has 1 unspecified atom stereocenters. The third-order valence-electron chi connectivity index (χ3n) is 4.88. The van der Waals surface area contributed by atoms with Gasteiger partial charge in [-0.25, -0.2) is 0 Å². The summed E-state index contributed by atoms with van der Waals surface area (Å²) in [4.78, 5) is 11.2. The average Bonchev–Trinajstić information content (AvgIpc) is 2.28. The third kappa shape index (κ3) is 2.41. The van der Waals surface area contributed by atoms with Crippen molar-refractivity contribution < 1.29 is 9.90 Å². The maximum Gasteiger partial charge on any atom is 0.306 e. The summed E-state index contributed by atoms with van der Waals surface area (Å²) in [6.45, 7) is 6.46. The summed E-state index contributed by atoms with van der Waals surface area (Å²) in [5.74, 6) is 1.47. The van der Waals surface area contributed by atoms with Crippen molar-refractivity contribution in [2.45, 2.75) is 46.5 Å². The molecule has 5 atom stereocenters. The van der Waals surface area contributed by atoms with Crippen molar-refractivity contribution in [2.24, 2.45) is 29.6 Å². The molecule has 0 heterocycles. The quantitative estimate of drug-likeness (QED) is 0.742. The number of carboxylic acids is 1. The lowest BCUT2D eigenvalue weighted by Crippen LogP contribution is -2.34. The molecule has 1 N–H and O–H groups in total. The Labute approximate surface area is 104 Å². The van der Waals surface area contributed by atoms with Crippen LogP contribution >= 0.6 is 0 Å². The fourth-order valence-electron chi connectivity index (χ4n) is 3.68. The Hall–Kier alpha value is -0.790. The highest BCUT2D eigenvalue weighted by Crippen LogP contribution is 2.47. The first-order chi connectivity index (χ1) is 8.00. The predicted molar refractivity (Wildman–Crippen MR) is 68.7 cm³/mol. The molecule has 0 radical (unpaired) electrons. The van der Waals surface area contributed by atoms with E-state index in [-0.39, 0.29) is 11.8 Å². The standard InChI is InChI=1S/C15H24O2/c1-9-4-6-12-10(2)5-7-13(14(12)8-9)11(3)15(16)17/h8-13H,4-7H2,1-3H3,(H,16,17)/t9?,10-,11-,12+,13+/m1/s1. The lowest BCUT2D eigenvalue weighted by Gasteiger charge is -2.42. The van der Waals surface area contributed by atoms with Gasteiger partial charge >= 0.3 is 5.97 Å². The van der Waals surface area contributed by atoms with E-state index in [0.717, 1.165) is 12.3 Å². The van der Waals surface area contributed by atoms with E-state index in [9.17, 15) is 9.90 Å². The second kappa shape index (κ2) is 4.83. The molecule has 1 fully saturated rings. The summed E-state index contributed by atoms with van der Waals surface area (Å²) in [5, 5.41) is 9.23. The first-order valence-electron chi connectivity index (χ1n) is 6.95. The normalized spacial score (nSPS) is 39.1. The molecule has 0 amide bonds. The zero-order valence-electron chi connectivity index (χ0n) is 11.1. The SMILES string of the molecule is CC1C=C2[C@@H](CC1)[C@H](C)CC[C@H]2[C@@H](C)C(=O)O. The third-order valence-corrected chi connectivity index (χ3v) is 4.88. The molecule has 0 aromatic rings. The molecule has 0 aliphatic heterocycles. The van der Waals surface area contributed by atoms with Crippen molar-refractivity contribution in [2.75, 3.05) is 0 Å². The number of aliphatic carboxylic acids is 1. The molecular weight excluding hydrogens is 212 g/mol. The molecule has 0 aromatic carbocycles.